The summed E-state index contributed by atoms with van der Waals surface area (Å²) >= 11 is 1.88. The maximum absolute atomic E-state index is 4.99. The molecule has 1 aliphatic carbocycles. The monoisotopic (exact) mass is 295 g/mol. The lowest BCUT2D eigenvalue weighted by atomic mass is 9.91. The van der Waals surface area contributed by atoms with E-state index in [9.17, 15) is 0 Å². The lowest BCUT2D eigenvalue weighted by Crippen LogP contribution is -2.25. The van der Waals surface area contributed by atoms with Crippen molar-refractivity contribution < 1.29 is 0 Å². The number of rotatable bonds is 7. The van der Waals surface area contributed by atoms with Crippen molar-refractivity contribution in [3.63, 3.8) is 0 Å². The lowest BCUT2D eigenvalue weighted by Gasteiger charge is -2.20. The first-order valence-electron chi connectivity index (χ1n) is 7.91. The molecule has 0 radical (unpaired) electrons. The van der Waals surface area contributed by atoms with E-state index in [0.29, 0.717) is 0 Å². The summed E-state index contributed by atoms with van der Waals surface area (Å²) in [5.74, 6) is 0.911. The van der Waals surface area contributed by atoms with Crippen molar-refractivity contribution in [1.82, 2.24) is 10.3 Å². The van der Waals surface area contributed by atoms with Gasteiger partial charge in [-0.2, -0.15) is 0 Å². The van der Waals surface area contributed by atoms with E-state index in [-0.39, 0.29) is 5.41 Å². The average molecular weight is 295 g/mol. The van der Waals surface area contributed by atoms with Crippen molar-refractivity contribution in [3.8, 4) is 0 Å². The minimum Gasteiger partial charge on any atom is -0.348 e. The molecule has 0 bridgehead atoms. The van der Waals surface area contributed by atoms with Crippen LogP contribution in [0.15, 0.2) is 0 Å². The molecule has 0 atom stereocenters. The second kappa shape index (κ2) is 6.44. The van der Waals surface area contributed by atoms with Crippen LogP contribution in [0.1, 0.15) is 58.0 Å². The molecule has 0 saturated heterocycles. The predicted molar refractivity (Wildman–Crippen MR) is 88.8 cm³/mol. The van der Waals surface area contributed by atoms with E-state index in [2.05, 4.69) is 44.8 Å². The summed E-state index contributed by atoms with van der Waals surface area (Å²) in [6.45, 7) is 15.4. The van der Waals surface area contributed by atoms with Gasteiger partial charge in [0.25, 0.3) is 0 Å². The van der Waals surface area contributed by atoms with Crippen LogP contribution in [0.2, 0.25) is 0 Å². The van der Waals surface area contributed by atoms with Crippen molar-refractivity contribution in [2.75, 3.05) is 24.5 Å². The highest BCUT2D eigenvalue weighted by Crippen LogP contribution is 2.36. The lowest BCUT2D eigenvalue weighted by molar-refractivity contribution is 0.560. The first kappa shape index (κ1) is 15.8. The standard InChI is InChI=1S/C16H29N3S/c1-6-17-10-13-14(16(3,4)5)18-15(20-13)19(7-2)11-12-8-9-12/h12,17H,6-11H2,1-5H3. The number of anilines is 1. The van der Waals surface area contributed by atoms with E-state index in [1.165, 1.54) is 35.1 Å². The third-order valence-corrected chi connectivity index (χ3v) is 4.88. The highest BCUT2D eigenvalue weighted by atomic mass is 32.1. The van der Waals surface area contributed by atoms with E-state index in [4.69, 9.17) is 4.98 Å². The number of hydrogen-bond donors (Lipinski definition) is 1. The summed E-state index contributed by atoms with van der Waals surface area (Å²) in [5, 5.41) is 4.67. The minimum absolute atomic E-state index is 0.124. The van der Waals surface area contributed by atoms with Crippen LogP contribution >= 0.6 is 11.3 Å². The SMILES string of the molecule is CCNCc1sc(N(CC)CC2CC2)nc1C(C)(C)C. The molecule has 1 heterocycles. The molecule has 4 heteroatoms. The Labute approximate surface area is 127 Å². The summed E-state index contributed by atoms with van der Waals surface area (Å²) in [4.78, 5) is 8.86. The molecule has 1 saturated carbocycles. The van der Waals surface area contributed by atoms with Crippen LogP contribution < -0.4 is 10.2 Å². The molecular formula is C16H29N3S. The van der Waals surface area contributed by atoms with E-state index in [1.807, 2.05) is 11.3 Å². The molecule has 1 aliphatic rings. The van der Waals surface area contributed by atoms with E-state index in [0.717, 1.165) is 25.6 Å². The topological polar surface area (TPSA) is 28.2 Å². The molecule has 0 aliphatic heterocycles. The maximum Gasteiger partial charge on any atom is 0.185 e. The number of nitrogens with zero attached hydrogens (tertiary/aromatic N) is 2. The van der Waals surface area contributed by atoms with Gasteiger partial charge >= 0.3 is 0 Å². The van der Waals surface area contributed by atoms with Crippen molar-refractivity contribution in [1.29, 1.82) is 0 Å². The largest absolute Gasteiger partial charge is 0.348 e. The molecule has 3 nitrogen and oxygen atoms in total. The zero-order valence-corrected chi connectivity index (χ0v) is 14.4. The molecule has 1 aromatic rings. The third kappa shape index (κ3) is 3.95. The summed E-state index contributed by atoms with van der Waals surface area (Å²) in [6.07, 6.45) is 2.80. The van der Waals surface area contributed by atoms with Crippen LogP contribution in [0.4, 0.5) is 5.13 Å². The Morgan fingerprint density at radius 2 is 2.00 bits per heavy atom. The highest BCUT2D eigenvalue weighted by molar-refractivity contribution is 7.15. The van der Waals surface area contributed by atoms with Crippen LogP contribution in [-0.2, 0) is 12.0 Å². The first-order chi connectivity index (χ1) is 9.45. The van der Waals surface area contributed by atoms with E-state index in [1.54, 1.807) is 0 Å². The Hall–Kier alpha value is -0.610. The van der Waals surface area contributed by atoms with Gasteiger partial charge in [0.05, 0.1) is 5.69 Å². The van der Waals surface area contributed by atoms with Gasteiger partial charge in [-0.1, -0.05) is 27.7 Å². The quantitative estimate of drug-likeness (QED) is 0.829. The van der Waals surface area contributed by atoms with Gasteiger partial charge in [0.2, 0.25) is 0 Å². The fraction of sp³-hybridized carbons (Fsp3) is 0.812. The van der Waals surface area contributed by atoms with Gasteiger partial charge in [-0.15, -0.1) is 11.3 Å². The first-order valence-corrected chi connectivity index (χ1v) is 8.73. The van der Waals surface area contributed by atoms with Gasteiger partial charge < -0.3 is 10.2 Å². The molecule has 0 spiro atoms. The van der Waals surface area contributed by atoms with Gasteiger partial charge in [0, 0.05) is 29.9 Å². The second-order valence-corrected chi connectivity index (χ2v) is 7.84. The zero-order chi connectivity index (χ0) is 14.8. The Balaban J connectivity index is 2.21. The zero-order valence-electron chi connectivity index (χ0n) is 13.6. The second-order valence-electron chi connectivity index (χ2n) is 6.78. The van der Waals surface area contributed by atoms with Crippen LogP contribution in [0.5, 0.6) is 0 Å². The molecule has 20 heavy (non-hydrogen) atoms. The average Bonchev–Trinajstić information content (AvgIpc) is 3.09. The van der Waals surface area contributed by atoms with Gasteiger partial charge in [0.15, 0.2) is 5.13 Å². The molecule has 114 valence electrons. The fourth-order valence-corrected chi connectivity index (χ4v) is 3.69. The van der Waals surface area contributed by atoms with E-state index < -0.39 is 0 Å². The normalized spacial score (nSPS) is 15.7. The Kier molecular flexibility index (Phi) is 5.08. The molecule has 1 fully saturated rings. The number of nitrogens with one attached hydrogen (secondary N) is 1. The predicted octanol–water partition coefficient (Wildman–Crippen LogP) is 3.79. The van der Waals surface area contributed by atoms with Crippen molar-refractivity contribution >= 4 is 16.5 Å². The summed E-state index contributed by atoms with van der Waals surface area (Å²) < 4.78 is 0. The molecule has 1 aromatic heterocycles. The number of thiazole rings is 1. The van der Waals surface area contributed by atoms with E-state index >= 15 is 0 Å². The van der Waals surface area contributed by atoms with Crippen molar-refractivity contribution in [3.05, 3.63) is 10.6 Å². The van der Waals surface area contributed by atoms with Crippen molar-refractivity contribution in [2.45, 2.75) is 59.4 Å². The Bertz CT molecular complexity index is 429. The van der Waals surface area contributed by atoms with Crippen LogP contribution in [0.25, 0.3) is 0 Å². The fourth-order valence-electron chi connectivity index (χ4n) is 2.37. The number of aromatic nitrogens is 1. The summed E-state index contributed by atoms with van der Waals surface area (Å²) in [5.41, 5.74) is 1.39. The Morgan fingerprint density at radius 3 is 2.50 bits per heavy atom. The summed E-state index contributed by atoms with van der Waals surface area (Å²) in [6, 6.07) is 0. The van der Waals surface area contributed by atoms with Gasteiger partial charge in [-0.3, -0.25) is 0 Å². The van der Waals surface area contributed by atoms with Gasteiger partial charge in [-0.05, 0) is 32.2 Å². The molecule has 1 N–H and O–H groups in total. The van der Waals surface area contributed by atoms with Crippen LogP contribution in [0.3, 0.4) is 0 Å². The third-order valence-electron chi connectivity index (χ3n) is 3.76. The van der Waals surface area contributed by atoms with Gasteiger partial charge in [-0.25, -0.2) is 4.98 Å². The highest BCUT2D eigenvalue weighted by Gasteiger charge is 2.28. The molecule has 0 aromatic carbocycles. The van der Waals surface area contributed by atoms with Crippen LogP contribution in [0, 0.1) is 5.92 Å². The summed E-state index contributed by atoms with van der Waals surface area (Å²) in [7, 11) is 0. The molecule has 0 unspecified atom stereocenters. The van der Waals surface area contributed by atoms with Crippen molar-refractivity contribution in [2.24, 2.45) is 5.92 Å². The minimum atomic E-state index is 0.124. The molecular weight excluding hydrogens is 266 g/mol. The maximum atomic E-state index is 4.99. The number of hydrogen-bond acceptors (Lipinski definition) is 4. The van der Waals surface area contributed by atoms with Gasteiger partial charge in [0.1, 0.15) is 0 Å². The van der Waals surface area contributed by atoms with Crippen LogP contribution in [-0.4, -0.2) is 24.6 Å². The Morgan fingerprint density at radius 1 is 1.30 bits per heavy atom. The smallest absolute Gasteiger partial charge is 0.185 e. The molecule has 0 amide bonds. The molecule has 2 rings (SSSR count).